The van der Waals surface area contributed by atoms with Gasteiger partial charge in [-0.3, -0.25) is 4.90 Å². The number of methoxy groups -OCH3 is 1. The zero-order valence-corrected chi connectivity index (χ0v) is 13.4. The largest absolute Gasteiger partial charge is 0.490 e. The van der Waals surface area contributed by atoms with E-state index < -0.39 is 0 Å². The topological polar surface area (TPSA) is 41.9 Å². The third-order valence-electron chi connectivity index (χ3n) is 4.92. The molecule has 1 aromatic rings. The molecule has 1 aliphatic carbocycles. The fourth-order valence-corrected chi connectivity index (χ4v) is 3.64. The van der Waals surface area contributed by atoms with Crippen LogP contribution in [0, 0.1) is 0 Å². The van der Waals surface area contributed by atoms with Crippen molar-refractivity contribution in [3.63, 3.8) is 0 Å². The Kier molecular flexibility index (Phi) is 5.34. The summed E-state index contributed by atoms with van der Waals surface area (Å²) in [6, 6.07) is 8.59. The molecular weight excluding hydrogens is 278 g/mol. The molecular formula is C18H27NO3. The minimum atomic E-state index is 0.193. The average molecular weight is 305 g/mol. The lowest BCUT2D eigenvalue weighted by Crippen LogP contribution is -2.31. The van der Waals surface area contributed by atoms with Crippen molar-refractivity contribution in [1.82, 2.24) is 4.90 Å². The summed E-state index contributed by atoms with van der Waals surface area (Å²) in [6.07, 6.45) is 6.46. The van der Waals surface area contributed by atoms with Crippen LogP contribution in [-0.2, 0) is 11.3 Å². The standard InChI is InChI=1S/C18H27NO3/c1-21-18-10-15(13-20)19(12-18)11-14-5-4-8-17(9-14)22-16-6-2-3-7-16/h4-5,8-9,15-16,18,20H,2-3,6-7,10-13H2,1H3/t15-,18+/m0/s1. The van der Waals surface area contributed by atoms with Gasteiger partial charge in [-0.15, -0.1) is 0 Å². The molecule has 1 saturated heterocycles. The quantitative estimate of drug-likeness (QED) is 0.877. The Hall–Kier alpha value is -1.10. The molecule has 0 radical (unpaired) electrons. The van der Waals surface area contributed by atoms with Crippen LogP contribution >= 0.6 is 0 Å². The lowest BCUT2D eigenvalue weighted by molar-refractivity contribution is 0.107. The summed E-state index contributed by atoms with van der Waals surface area (Å²) in [7, 11) is 1.75. The highest BCUT2D eigenvalue weighted by Crippen LogP contribution is 2.26. The number of hydrogen-bond donors (Lipinski definition) is 1. The summed E-state index contributed by atoms with van der Waals surface area (Å²) >= 11 is 0. The van der Waals surface area contributed by atoms with Crippen LogP contribution in [-0.4, -0.2) is 48.5 Å². The van der Waals surface area contributed by atoms with Crippen LogP contribution in [0.1, 0.15) is 37.7 Å². The SMILES string of the molecule is CO[C@@H]1C[C@@H](CO)N(Cc2cccc(OC3CCCC3)c2)C1. The molecule has 122 valence electrons. The van der Waals surface area contributed by atoms with E-state index in [-0.39, 0.29) is 18.8 Å². The summed E-state index contributed by atoms with van der Waals surface area (Å²) in [5, 5.41) is 9.55. The van der Waals surface area contributed by atoms with Crippen molar-refractivity contribution in [2.24, 2.45) is 0 Å². The molecule has 0 bridgehead atoms. The van der Waals surface area contributed by atoms with Gasteiger partial charge in [0.15, 0.2) is 0 Å². The summed E-state index contributed by atoms with van der Waals surface area (Å²) in [6.45, 7) is 1.92. The Morgan fingerprint density at radius 3 is 2.77 bits per heavy atom. The van der Waals surface area contributed by atoms with Crippen molar-refractivity contribution in [1.29, 1.82) is 0 Å². The number of rotatable bonds is 6. The number of benzene rings is 1. The van der Waals surface area contributed by atoms with Crippen molar-refractivity contribution in [3.05, 3.63) is 29.8 Å². The molecule has 1 aromatic carbocycles. The van der Waals surface area contributed by atoms with E-state index in [0.717, 1.165) is 25.3 Å². The third kappa shape index (κ3) is 3.80. The number of nitrogens with zero attached hydrogens (tertiary/aromatic N) is 1. The fraction of sp³-hybridized carbons (Fsp3) is 0.667. The molecule has 1 saturated carbocycles. The van der Waals surface area contributed by atoms with Gasteiger partial charge in [-0.05, 0) is 49.8 Å². The third-order valence-corrected chi connectivity index (χ3v) is 4.92. The van der Waals surface area contributed by atoms with Gasteiger partial charge in [0.05, 0.1) is 18.8 Å². The van der Waals surface area contributed by atoms with Crippen LogP contribution in [0.15, 0.2) is 24.3 Å². The maximum Gasteiger partial charge on any atom is 0.120 e. The van der Waals surface area contributed by atoms with Gasteiger partial charge >= 0.3 is 0 Å². The Morgan fingerprint density at radius 2 is 2.05 bits per heavy atom. The molecule has 2 atom stereocenters. The molecule has 0 amide bonds. The maximum absolute atomic E-state index is 9.55. The van der Waals surface area contributed by atoms with E-state index >= 15 is 0 Å². The molecule has 0 spiro atoms. The van der Waals surface area contributed by atoms with Gasteiger partial charge in [0.1, 0.15) is 5.75 Å². The first-order valence-electron chi connectivity index (χ1n) is 8.42. The van der Waals surface area contributed by atoms with Crippen LogP contribution in [0.25, 0.3) is 0 Å². The van der Waals surface area contributed by atoms with Gasteiger partial charge in [-0.1, -0.05) is 12.1 Å². The van der Waals surface area contributed by atoms with Crippen LogP contribution in [0.2, 0.25) is 0 Å². The number of hydrogen-bond acceptors (Lipinski definition) is 4. The zero-order chi connectivity index (χ0) is 15.4. The zero-order valence-electron chi connectivity index (χ0n) is 13.4. The molecule has 0 unspecified atom stereocenters. The van der Waals surface area contributed by atoms with Crippen molar-refractivity contribution in [2.45, 2.75) is 56.9 Å². The fourth-order valence-electron chi connectivity index (χ4n) is 3.64. The molecule has 2 fully saturated rings. The highest BCUT2D eigenvalue weighted by Gasteiger charge is 2.31. The lowest BCUT2D eigenvalue weighted by Gasteiger charge is -2.23. The van der Waals surface area contributed by atoms with E-state index in [1.807, 2.05) is 6.07 Å². The van der Waals surface area contributed by atoms with Gasteiger partial charge in [0.25, 0.3) is 0 Å². The molecule has 1 N–H and O–H groups in total. The number of aliphatic hydroxyl groups is 1. The van der Waals surface area contributed by atoms with Crippen molar-refractivity contribution >= 4 is 0 Å². The number of ether oxygens (including phenoxy) is 2. The summed E-state index contributed by atoms with van der Waals surface area (Å²) in [5.41, 5.74) is 1.24. The van der Waals surface area contributed by atoms with E-state index in [2.05, 4.69) is 23.1 Å². The minimum Gasteiger partial charge on any atom is -0.490 e. The molecule has 22 heavy (non-hydrogen) atoms. The van der Waals surface area contributed by atoms with E-state index in [1.54, 1.807) is 7.11 Å². The number of aliphatic hydroxyl groups excluding tert-OH is 1. The first kappa shape index (κ1) is 15.8. The van der Waals surface area contributed by atoms with Gasteiger partial charge in [0, 0.05) is 26.2 Å². The first-order chi connectivity index (χ1) is 10.8. The van der Waals surface area contributed by atoms with E-state index in [9.17, 15) is 5.11 Å². The van der Waals surface area contributed by atoms with Crippen molar-refractivity contribution in [2.75, 3.05) is 20.3 Å². The van der Waals surface area contributed by atoms with E-state index in [1.165, 1.54) is 31.2 Å². The molecule has 0 aromatic heterocycles. The molecule has 4 nitrogen and oxygen atoms in total. The first-order valence-corrected chi connectivity index (χ1v) is 8.42. The van der Waals surface area contributed by atoms with Crippen LogP contribution < -0.4 is 4.74 Å². The van der Waals surface area contributed by atoms with E-state index in [4.69, 9.17) is 9.47 Å². The molecule has 1 heterocycles. The second-order valence-electron chi connectivity index (χ2n) is 6.53. The average Bonchev–Trinajstić information content (AvgIpc) is 3.17. The monoisotopic (exact) mass is 305 g/mol. The molecule has 3 rings (SSSR count). The summed E-state index contributed by atoms with van der Waals surface area (Å²) in [4.78, 5) is 2.31. The molecule has 2 aliphatic rings. The molecule has 1 aliphatic heterocycles. The normalized spacial score (nSPS) is 26.6. The van der Waals surface area contributed by atoms with Crippen LogP contribution in [0.5, 0.6) is 5.75 Å². The Bertz CT molecular complexity index is 473. The van der Waals surface area contributed by atoms with Gasteiger partial charge in [-0.25, -0.2) is 0 Å². The van der Waals surface area contributed by atoms with Crippen molar-refractivity contribution in [3.8, 4) is 5.75 Å². The van der Waals surface area contributed by atoms with Crippen LogP contribution in [0.3, 0.4) is 0 Å². The minimum absolute atomic E-state index is 0.193. The Balaban J connectivity index is 1.62. The second-order valence-corrected chi connectivity index (χ2v) is 6.53. The second kappa shape index (κ2) is 7.44. The van der Waals surface area contributed by atoms with Gasteiger partial charge in [0.2, 0.25) is 0 Å². The highest BCUT2D eigenvalue weighted by atomic mass is 16.5. The predicted molar refractivity (Wildman–Crippen MR) is 86.0 cm³/mol. The predicted octanol–water partition coefficient (Wildman–Crippen LogP) is 2.59. The lowest BCUT2D eigenvalue weighted by atomic mass is 10.1. The smallest absolute Gasteiger partial charge is 0.120 e. The highest BCUT2D eigenvalue weighted by molar-refractivity contribution is 5.29. The van der Waals surface area contributed by atoms with Gasteiger partial charge < -0.3 is 14.6 Å². The summed E-state index contributed by atoms with van der Waals surface area (Å²) < 4.78 is 11.5. The Labute approximate surface area is 133 Å². The number of likely N-dealkylation sites (tertiary alicyclic amines) is 1. The van der Waals surface area contributed by atoms with Crippen molar-refractivity contribution < 1.29 is 14.6 Å². The Morgan fingerprint density at radius 1 is 1.23 bits per heavy atom. The van der Waals surface area contributed by atoms with Gasteiger partial charge in [-0.2, -0.15) is 0 Å². The maximum atomic E-state index is 9.55. The molecule has 4 heteroatoms. The van der Waals surface area contributed by atoms with E-state index in [0.29, 0.717) is 6.10 Å². The summed E-state index contributed by atoms with van der Waals surface area (Å²) in [5.74, 6) is 0.979. The van der Waals surface area contributed by atoms with Crippen LogP contribution in [0.4, 0.5) is 0 Å².